The van der Waals surface area contributed by atoms with Crippen molar-refractivity contribution in [3.05, 3.63) is 59.7 Å². The van der Waals surface area contributed by atoms with Crippen LogP contribution in [-0.2, 0) is 11.3 Å². The lowest BCUT2D eigenvalue weighted by Gasteiger charge is -2.37. The van der Waals surface area contributed by atoms with E-state index in [1.165, 1.54) is 29.5 Å². The predicted octanol–water partition coefficient (Wildman–Crippen LogP) is 5.55. The zero-order chi connectivity index (χ0) is 23.7. The van der Waals surface area contributed by atoms with Crippen molar-refractivity contribution < 1.29 is 4.79 Å². The molecule has 180 valence electrons. The molecule has 5 rings (SSSR count). The summed E-state index contributed by atoms with van der Waals surface area (Å²) in [5, 5.41) is 3.42. The Morgan fingerprint density at radius 3 is 2.62 bits per heavy atom. The van der Waals surface area contributed by atoms with Gasteiger partial charge in [0.2, 0.25) is 11.9 Å². The summed E-state index contributed by atoms with van der Waals surface area (Å²) in [4.78, 5) is 20.5. The number of piperidine rings is 1. The molecule has 5 heteroatoms. The standard InChI is InChI=1S/C29H38N4O/c1-20-8-6-10-23(18-20)19-33-27-13-5-4-11-26(27)31-29(33)32-16-14-24(15-17-32)28(34)30-25-12-7-9-21(2)22(25)3/h4-6,8,10-11,13,18,21-22,24-25H,7,9,12,14-17,19H2,1-3H3,(H,30,34)/t21-,22+,25+/m0/s1. The number of imidazole rings is 1. The third-order valence-corrected chi connectivity index (χ3v) is 8.24. The van der Waals surface area contributed by atoms with Gasteiger partial charge in [-0.25, -0.2) is 4.98 Å². The normalized spacial score (nSPS) is 23.9. The van der Waals surface area contributed by atoms with Crippen LogP contribution in [0.1, 0.15) is 57.1 Å². The molecule has 1 saturated carbocycles. The van der Waals surface area contributed by atoms with Crippen LogP contribution in [0.3, 0.4) is 0 Å². The van der Waals surface area contributed by atoms with Gasteiger partial charge in [0.25, 0.3) is 0 Å². The summed E-state index contributed by atoms with van der Waals surface area (Å²) in [5.74, 6) is 2.66. The van der Waals surface area contributed by atoms with Crippen molar-refractivity contribution in [1.82, 2.24) is 14.9 Å². The number of carbonyl (C=O) groups is 1. The minimum Gasteiger partial charge on any atom is -0.353 e. The molecule has 2 aliphatic rings. The highest BCUT2D eigenvalue weighted by molar-refractivity contribution is 5.80. The molecule has 0 bridgehead atoms. The number of hydrogen-bond donors (Lipinski definition) is 1. The third kappa shape index (κ3) is 4.70. The first-order valence-electron chi connectivity index (χ1n) is 13.1. The molecule has 1 saturated heterocycles. The molecule has 1 N–H and O–H groups in total. The van der Waals surface area contributed by atoms with E-state index in [1.807, 2.05) is 0 Å². The number of para-hydroxylation sites is 2. The Morgan fingerprint density at radius 1 is 1.03 bits per heavy atom. The minimum atomic E-state index is 0.107. The summed E-state index contributed by atoms with van der Waals surface area (Å²) in [6.07, 6.45) is 5.41. The molecule has 0 spiro atoms. The summed E-state index contributed by atoms with van der Waals surface area (Å²) >= 11 is 0. The minimum absolute atomic E-state index is 0.107. The van der Waals surface area contributed by atoms with E-state index in [2.05, 4.69) is 84.1 Å². The second-order valence-corrected chi connectivity index (χ2v) is 10.6. The van der Waals surface area contributed by atoms with Crippen molar-refractivity contribution in [2.24, 2.45) is 17.8 Å². The molecule has 1 aliphatic carbocycles. The van der Waals surface area contributed by atoms with Gasteiger partial charge in [0.1, 0.15) is 0 Å². The first-order valence-corrected chi connectivity index (χ1v) is 13.1. The number of anilines is 1. The monoisotopic (exact) mass is 458 g/mol. The first kappa shape index (κ1) is 22.9. The van der Waals surface area contributed by atoms with Crippen molar-refractivity contribution in [2.45, 2.75) is 65.5 Å². The molecule has 3 aromatic rings. The van der Waals surface area contributed by atoms with E-state index >= 15 is 0 Å². The Balaban J connectivity index is 1.29. The number of carbonyl (C=O) groups excluding carboxylic acids is 1. The van der Waals surface area contributed by atoms with Crippen LogP contribution in [0.5, 0.6) is 0 Å². The molecular formula is C29H38N4O. The largest absolute Gasteiger partial charge is 0.353 e. The molecule has 1 aromatic heterocycles. The van der Waals surface area contributed by atoms with Crippen molar-refractivity contribution in [2.75, 3.05) is 18.0 Å². The average Bonchev–Trinajstić information content (AvgIpc) is 3.20. The van der Waals surface area contributed by atoms with Gasteiger partial charge in [-0.2, -0.15) is 0 Å². The Kier molecular flexibility index (Phi) is 6.62. The van der Waals surface area contributed by atoms with Crippen LogP contribution >= 0.6 is 0 Å². The van der Waals surface area contributed by atoms with Crippen molar-refractivity contribution in [3.8, 4) is 0 Å². The van der Waals surface area contributed by atoms with Gasteiger partial charge in [0.05, 0.1) is 17.6 Å². The molecular weight excluding hydrogens is 420 g/mol. The van der Waals surface area contributed by atoms with E-state index in [0.717, 1.165) is 50.4 Å². The van der Waals surface area contributed by atoms with Gasteiger partial charge in [-0.15, -0.1) is 0 Å². The number of nitrogens with zero attached hydrogens (tertiary/aromatic N) is 3. The fourth-order valence-corrected chi connectivity index (χ4v) is 5.88. The van der Waals surface area contributed by atoms with Crippen molar-refractivity contribution >= 4 is 22.9 Å². The molecule has 34 heavy (non-hydrogen) atoms. The summed E-state index contributed by atoms with van der Waals surface area (Å²) in [6, 6.07) is 17.4. The summed E-state index contributed by atoms with van der Waals surface area (Å²) in [7, 11) is 0. The van der Waals surface area contributed by atoms with Crippen LogP contribution < -0.4 is 10.2 Å². The molecule has 1 aliphatic heterocycles. The Morgan fingerprint density at radius 2 is 1.82 bits per heavy atom. The van der Waals surface area contributed by atoms with Gasteiger partial charge >= 0.3 is 0 Å². The number of hydrogen-bond acceptors (Lipinski definition) is 3. The maximum absolute atomic E-state index is 13.1. The topological polar surface area (TPSA) is 50.2 Å². The highest BCUT2D eigenvalue weighted by Crippen LogP contribution is 2.31. The quantitative estimate of drug-likeness (QED) is 0.545. The van der Waals surface area contributed by atoms with Crippen LogP contribution in [-0.4, -0.2) is 34.6 Å². The van der Waals surface area contributed by atoms with Crippen LogP contribution in [0.15, 0.2) is 48.5 Å². The SMILES string of the molecule is Cc1cccc(Cn2c(N3CCC(C(=O)N[C@@H]4CCC[C@H](C)[C@H]4C)CC3)nc3ccccc32)c1. The molecule has 5 nitrogen and oxygen atoms in total. The zero-order valence-corrected chi connectivity index (χ0v) is 20.8. The van der Waals surface area contributed by atoms with Gasteiger partial charge in [-0.3, -0.25) is 4.79 Å². The van der Waals surface area contributed by atoms with Gasteiger partial charge < -0.3 is 14.8 Å². The van der Waals surface area contributed by atoms with Crippen LogP contribution in [0.25, 0.3) is 11.0 Å². The molecule has 0 unspecified atom stereocenters. The van der Waals surface area contributed by atoms with Gasteiger partial charge in [-0.1, -0.05) is 68.7 Å². The summed E-state index contributed by atoms with van der Waals surface area (Å²) in [6.45, 7) is 9.30. The number of amides is 1. The van der Waals surface area contributed by atoms with Gasteiger partial charge in [0.15, 0.2) is 0 Å². The highest BCUT2D eigenvalue weighted by atomic mass is 16.2. The van der Waals surface area contributed by atoms with Crippen molar-refractivity contribution in [1.29, 1.82) is 0 Å². The Bertz CT molecular complexity index is 1140. The van der Waals surface area contributed by atoms with Gasteiger partial charge in [0, 0.05) is 25.0 Å². The van der Waals surface area contributed by atoms with E-state index in [9.17, 15) is 4.79 Å². The Labute approximate surface area is 203 Å². The average molecular weight is 459 g/mol. The first-order chi connectivity index (χ1) is 16.5. The number of fused-ring (bicyclic) bond motifs is 1. The van der Waals surface area contributed by atoms with E-state index in [4.69, 9.17) is 4.98 Å². The van der Waals surface area contributed by atoms with Crippen molar-refractivity contribution in [3.63, 3.8) is 0 Å². The van der Waals surface area contributed by atoms with E-state index in [-0.39, 0.29) is 11.8 Å². The smallest absolute Gasteiger partial charge is 0.223 e. The molecule has 2 aromatic carbocycles. The predicted molar refractivity (Wildman–Crippen MR) is 139 cm³/mol. The van der Waals surface area contributed by atoms with E-state index < -0.39 is 0 Å². The number of nitrogens with one attached hydrogen (secondary N) is 1. The molecule has 2 fully saturated rings. The lowest BCUT2D eigenvalue weighted by molar-refractivity contribution is -0.127. The lowest BCUT2D eigenvalue weighted by Crippen LogP contribution is -2.48. The Hall–Kier alpha value is -2.82. The van der Waals surface area contributed by atoms with Crippen LogP contribution in [0, 0.1) is 24.7 Å². The van der Waals surface area contributed by atoms with Gasteiger partial charge in [-0.05, 0) is 55.7 Å². The second-order valence-electron chi connectivity index (χ2n) is 10.6. The van der Waals surface area contributed by atoms with Crippen LogP contribution in [0.2, 0.25) is 0 Å². The fourth-order valence-electron chi connectivity index (χ4n) is 5.88. The summed E-state index contributed by atoms with van der Waals surface area (Å²) in [5.41, 5.74) is 4.76. The third-order valence-electron chi connectivity index (χ3n) is 8.24. The lowest BCUT2D eigenvalue weighted by atomic mass is 9.78. The zero-order valence-electron chi connectivity index (χ0n) is 20.8. The number of aryl methyl sites for hydroxylation is 1. The number of rotatable bonds is 5. The summed E-state index contributed by atoms with van der Waals surface area (Å²) < 4.78 is 2.34. The second kappa shape index (κ2) is 9.81. The molecule has 3 atom stereocenters. The molecule has 2 heterocycles. The maximum Gasteiger partial charge on any atom is 0.223 e. The van der Waals surface area contributed by atoms with E-state index in [1.54, 1.807) is 0 Å². The highest BCUT2D eigenvalue weighted by Gasteiger charge is 2.32. The number of aromatic nitrogens is 2. The van der Waals surface area contributed by atoms with Crippen LogP contribution in [0.4, 0.5) is 5.95 Å². The number of benzene rings is 2. The van der Waals surface area contributed by atoms with E-state index in [0.29, 0.717) is 17.9 Å². The maximum atomic E-state index is 13.1. The molecule has 1 amide bonds. The fraction of sp³-hybridized carbons (Fsp3) is 0.517. The molecule has 0 radical (unpaired) electrons.